The lowest BCUT2D eigenvalue weighted by Crippen LogP contribution is -2.21. The molecule has 0 aliphatic heterocycles. The van der Waals surface area contributed by atoms with E-state index in [1.807, 2.05) is 18.2 Å². The molecule has 0 saturated heterocycles. The second kappa shape index (κ2) is 6.88. The minimum Gasteiger partial charge on any atom is -0.308 e. The van der Waals surface area contributed by atoms with Crippen molar-refractivity contribution in [1.82, 2.24) is 15.0 Å². The number of pyridine rings is 1. The monoisotopic (exact) mass is 324 g/mol. The van der Waals surface area contributed by atoms with E-state index in [0.717, 1.165) is 10.8 Å². The quantitative estimate of drug-likeness (QED) is 0.638. The average molecular weight is 324 g/mol. The predicted molar refractivity (Wildman–Crippen MR) is 91.8 cm³/mol. The molecule has 2 heterocycles. The van der Waals surface area contributed by atoms with Crippen LogP contribution in [0.5, 0.6) is 0 Å². The Labute approximate surface area is 138 Å². The molecule has 0 spiro atoms. The Morgan fingerprint density at radius 1 is 1.08 bits per heavy atom. The fraction of sp³-hybridized carbons (Fsp3) is 0.125. The molecular weight excluding hydrogens is 308 g/mol. The van der Waals surface area contributed by atoms with Gasteiger partial charge in [0.25, 0.3) is 0 Å². The number of amides is 2. The Hall–Kier alpha value is -3.26. The van der Waals surface area contributed by atoms with E-state index in [4.69, 9.17) is 4.84 Å². The summed E-state index contributed by atoms with van der Waals surface area (Å²) in [5.41, 5.74) is 3.96. The number of aromatic nitrogens is 3. The first kappa shape index (κ1) is 15.6. The van der Waals surface area contributed by atoms with Crippen LogP contribution in [-0.2, 0) is 4.84 Å². The molecular formula is C16H16N6O2. The Kier molecular flexibility index (Phi) is 4.48. The van der Waals surface area contributed by atoms with Crippen molar-refractivity contribution >= 4 is 34.3 Å². The highest BCUT2D eigenvalue weighted by atomic mass is 16.6. The third-order valence-electron chi connectivity index (χ3n) is 3.18. The lowest BCUT2D eigenvalue weighted by atomic mass is 10.1. The summed E-state index contributed by atoms with van der Waals surface area (Å²) in [4.78, 5) is 29.3. The van der Waals surface area contributed by atoms with Crippen molar-refractivity contribution < 1.29 is 9.63 Å². The second-order valence-electron chi connectivity index (χ2n) is 5.04. The molecule has 0 aliphatic carbocycles. The fourth-order valence-corrected chi connectivity index (χ4v) is 2.21. The Morgan fingerprint density at radius 3 is 2.79 bits per heavy atom. The van der Waals surface area contributed by atoms with Crippen molar-refractivity contribution in [3.8, 4) is 0 Å². The van der Waals surface area contributed by atoms with Crippen LogP contribution in [0.3, 0.4) is 0 Å². The van der Waals surface area contributed by atoms with Gasteiger partial charge in [0.2, 0.25) is 5.95 Å². The number of carbonyl (C=O) groups is 1. The molecule has 0 bridgehead atoms. The number of carbonyl (C=O) groups excluding carboxylic acids is 1. The number of aryl methyl sites for hydroxylation is 1. The first-order valence-electron chi connectivity index (χ1n) is 7.20. The highest BCUT2D eigenvalue weighted by molar-refractivity contribution is 6.00. The first-order valence-corrected chi connectivity index (χ1v) is 7.20. The minimum atomic E-state index is -0.433. The van der Waals surface area contributed by atoms with E-state index < -0.39 is 6.03 Å². The molecule has 8 nitrogen and oxygen atoms in total. The Balaban J connectivity index is 1.72. The molecule has 2 amide bonds. The van der Waals surface area contributed by atoms with Crippen LogP contribution in [-0.4, -0.2) is 28.1 Å². The number of benzene rings is 1. The van der Waals surface area contributed by atoms with Crippen molar-refractivity contribution in [1.29, 1.82) is 0 Å². The van der Waals surface area contributed by atoms with E-state index in [1.165, 1.54) is 7.11 Å². The van der Waals surface area contributed by atoms with Gasteiger partial charge in [0.15, 0.2) is 5.82 Å². The molecule has 3 N–H and O–H groups in total. The van der Waals surface area contributed by atoms with Gasteiger partial charge in [-0.2, -0.15) is 4.98 Å². The van der Waals surface area contributed by atoms with Crippen molar-refractivity contribution in [2.75, 3.05) is 23.2 Å². The normalized spacial score (nSPS) is 10.4. The summed E-state index contributed by atoms with van der Waals surface area (Å²) in [7, 11) is 1.48. The van der Waals surface area contributed by atoms with Crippen LogP contribution in [0.2, 0.25) is 0 Å². The number of anilines is 3. The smallest absolute Gasteiger partial charge is 0.308 e. The molecule has 3 aromatic rings. The standard InChI is InChI=1S/C16H16N6O2/c1-10-7-14(22-24-2)20-15(18-10)21-16(23)19-13-4-3-12-9-17-6-5-11(12)8-13/h3-9H,1-2H3,(H3,18,19,20,21,22,23). The van der Waals surface area contributed by atoms with Crippen molar-refractivity contribution in [2.24, 2.45) is 0 Å². The van der Waals surface area contributed by atoms with Crippen LogP contribution in [0.25, 0.3) is 10.8 Å². The van der Waals surface area contributed by atoms with Gasteiger partial charge in [-0.1, -0.05) is 6.07 Å². The summed E-state index contributed by atoms with van der Waals surface area (Å²) < 4.78 is 0. The molecule has 0 fully saturated rings. The summed E-state index contributed by atoms with van der Waals surface area (Å²) in [5, 5.41) is 7.34. The maximum absolute atomic E-state index is 12.1. The van der Waals surface area contributed by atoms with Crippen LogP contribution in [0.4, 0.5) is 22.2 Å². The number of urea groups is 1. The zero-order chi connectivity index (χ0) is 16.9. The Bertz CT molecular complexity index is 883. The van der Waals surface area contributed by atoms with Gasteiger partial charge in [0.1, 0.15) is 0 Å². The van der Waals surface area contributed by atoms with Gasteiger partial charge in [0.05, 0.1) is 7.11 Å². The average Bonchev–Trinajstić information content (AvgIpc) is 2.54. The van der Waals surface area contributed by atoms with Crippen molar-refractivity contribution in [3.05, 3.63) is 48.4 Å². The van der Waals surface area contributed by atoms with Gasteiger partial charge < -0.3 is 5.32 Å². The molecule has 0 aliphatic rings. The summed E-state index contributed by atoms with van der Waals surface area (Å²) in [6, 6.07) is 8.71. The maximum Gasteiger partial charge on any atom is 0.326 e. The summed E-state index contributed by atoms with van der Waals surface area (Å²) in [6.07, 6.45) is 3.47. The van der Waals surface area contributed by atoms with Crippen molar-refractivity contribution in [2.45, 2.75) is 6.92 Å². The molecule has 2 aromatic heterocycles. The van der Waals surface area contributed by atoms with E-state index in [-0.39, 0.29) is 5.95 Å². The fourth-order valence-electron chi connectivity index (χ4n) is 2.21. The molecule has 1 aromatic carbocycles. The first-order chi connectivity index (χ1) is 11.6. The summed E-state index contributed by atoms with van der Waals surface area (Å²) >= 11 is 0. The van der Waals surface area contributed by atoms with Gasteiger partial charge in [-0.15, -0.1) is 0 Å². The molecule has 24 heavy (non-hydrogen) atoms. The number of nitrogens with zero attached hydrogens (tertiary/aromatic N) is 3. The summed E-state index contributed by atoms with van der Waals surface area (Å²) in [6.45, 7) is 1.79. The van der Waals surface area contributed by atoms with Crippen molar-refractivity contribution in [3.63, 3.8) is 0 Å². The van der Waals surface area contributed by atoms with E-state index in [2.05, 4.69) is 31.1 Å². The number of fused-ring (bicyclic) bond motifs is 1. The third-order valence-corrected chi connectivity index (χ3v) is 3.18. The van der Waals surface area contributed by atoms with Crippen LogP contribution in [0, 0.1) is 6.92 Å². The molecule has 0 unspecified atom stereocenters. The largest absolute Gasteiger partial charge is 0.326 e. The van der Waals surface area contributed by atoms with Crippen LogP contribution in [0.1, 0.15) is 5.69 Å². The van der Waals surface area contributed by atoms with Crippen LogP contribution >= 0.6 is 0 Å². The lowest BCUT2D eigenvalue weighted by Gasteiger charge is -2.09. The third kappa shape index (κ3) is 3.73. The Morgan fingerprint density at radius 2 is 1.96 bits per heavy atom. The topological polar surface area (TPSA) is 101 Å². The lowest BCUT2D eigenvalue weighted by molar-refractivity contribution is 0.262. The van der Waals surface area contributed by atoms with Crippen LogP contribution < -0.4 is 16.1 Å². The van der Waals surface area contributed by atoms with Gasteiger partial charge >= 0.3 is 6.03 Å². The maximum atomic E-state index is 12.1. The predicted octanol–water partition coefficient (Wildman–Crippen LogP) is 2.95. The molecule has 0 saturated carbocycles. The number of hydrogen-bond acceptors (Lipinski definition) is 6. The van der Waals surface area contributed by atoms with E-state index in [9.17, 15) is 4.79 Å². The second-order valence-corrected chi connectivity index (χ2v) is 5.04. The van der Waals surface area contributed by atoms with Gasteiger partial charge in [-0.05, 0) is 30.5 Å². The molecule has 8 heteroatoms. The zero-order valence-electron chi connectivity index (χ0n) is 13.2. The van der Waals surface area contributed by atoms with Gasteiger partial charge in [-0.3, -0.25) is 15.1 Å². The zero-order valence-corrected chi connectivity index (χ0v) is 13.2. The number of hydrogen-bond donors (Lipinski definition) is 3. The van der Waals surface area contributed by atoms with E-state index >= 15 is 0 Å². The van der Waals surface area contributed by atoms with Gasteiger partial charge in [-0.25, -0.2) is 15.3 Å². The molecule has 122 valence electrons. The molecule has 3 rings (SSSR count). The highest BCUT2D eigenvalue weighted by Gasteiger charge is 2.07. The SMILES string of the molecule is CONc1cc(C)nc(NC(=O)Nc2ccc3cnccc3c2)n1. The number of rotatable bonds is 4. The number of nitrogens with one attached hydrogen (secondary N) is 3. The summed E-state index contributed by atoms with van der Waals surface area (Å²) in [5.74, 6) is 0.635. The van der Waals surface area contributed by atoms with Gasteiger partial charge in [0, 0.05) is 35.2 Å². The van der Waals surface area contributed by atoms with E-state index in [1.54, 1.807) is 31.5 Å². The molecule has 0 radical (unpaired) electrons. The van der Waals surface area contributed by atoms with E-state index in [0.29, 0.717) is 17.2 Å². The minimum absolute atomic E-state index is 0.178. The highest BCUT2D eigenvalue weighted by Crippen LogP contribution is 2.18. The molecule has 0 atom stereocenters. The van der Waals surface area contributed by atoms with Crippen LogP contribution in [0.15, 0.2) is 42.7 Å².